The van der Waals surface area contributed by atoms with Crippen LogP contribution in [0, 0.1) is 12.7 Å². The Morgan fingerprint density at radius 1 is 1.19 bits per heavy atom. The van der Waals surface area contributed by atoms with Crippen LogP contribution in [-0.2, 0) is 11.3 Å². The van der Waals surface area contributed by atoms with Gasteiger partial charge in [-0.15, -0.1) is 0 Å². The highest BCUT2D eigenvalue weighted by Crippen LogP contribution is 2.24. The number of halogens is 1. The van der Waals surface area contributed by atoms with Crippen LogP contribution in [0.15, 0.2) is 48.8 Å². The number of carbonyl (C=O) groups is 1. The first-order valence-corrected chi connectivity index (χ1v) is 8.62. The van der Waals surface area contributed by atoms with Gasteiger partial charge in [0.05, 0.1) is 0 Å². The van der Waals surface area contributed by atoms with Gasteiger partial charge in [0.2, 0.25) is 5.91 Å². The van der Waals surface area contributed by atoms with E-state index < -0.39 is 5.82 Å². The lowest BCUT2D eigenvalue weighted by molar-refractivity contribution is -0.128. The highest BCUT2D eigenvalue weighted by atomic mass is 19.1. The van der Waals surface area contributed by atoms with E-state index in [0.717, 1.165) is 5.56 Å². The maximum Gasteiger partial charge on any atom is 0.245 e. The van der Waals surface area contributed by atoms with Gasteiger partial charge < -0.3 is 10.2 Å². The van der Waals surface area contributed by atoms with E-state index in [2.05, 4.69) is 15.3 Å². The van der Waals surface area contributed by atoms with Crippen molar-refractivity contribution in [2.24, 2.45) is 0 Å². The Morgan fingerprint density at radius 3 is 2.81 bits per heavy atom. The minimum absolute atomic E-state index is 0.0359. The zero-order valence-electron chi connectivity index (χ0n) is 14.4. The molecule has 1 N–H and O–H groups in total. The highest BCUT2D eigenvalue weighted by Gasteiger charge is 2.32. The van der Waals surface area contributed by atoms with Crippen molar-refractivity contribution in [1.29, 1.82) is 0 Å². The van der Waals surface area contributed by atoms with Crippen molar-refractivity contribution in [3.8, 4) is 0 Å². The third kappa shape index (κ3) is 3.10. The number of aromatic nitrogens is 2. The number of nitrogens with one attached hydrogen (secondary N) is 1. The first-order chi connectivity index (χ1) is 12.6. The minimum atomic E-state index is -0.397. The molecule has 4 rings (SSSR count). The number of benzene rings is 2. The van der Waals surface area contributed by atoms with E-state index in [9.17, 15) is 9.18 Å². The molecule has 5 nitrogen and oxygen atoms in total. The van der Waals surface area contributed by atoms with Crippen molar-refractivity contribution in [3.63, 3.8) is 0 Å². The molecule has 0 aliphatic carbocycles. The summed E-state index contributed by atoms with van der Waals surface area (Å²) in [4.78, 5) is 22.8. The van der Waals surface area contributed by atoms with Gasteiger partial charge in [0.25, 0.3) is 0 Å². The van der Waals surface area contributed by atoms with Crippen LogP contribution in [0.4, 0.5) is 10.2 Å². The van der Waals surface area contributed by atoms with E-state index in [0.29, 0.717) is 30.7 Å². The summed E-state index contributed by atoms with van der Waals surface area (Å²) < 4.78 is 13.9. The van der Waals surface area contributed by atoms with Crippen LogP contribution < -0.4 is 5.32 Å². The molecule has 6 heteroatoms. The highest BCUT2D eigenvalue weighted by molar-refractivity contribution is 5.93. The molecule has 3 aromatic rings. The van der Waals surface area contributed by atoms with Gasteiger partial charge in [0, 0.05) is 18.5 Å². The van der Waals surface area contributed by atoms with E-state index >= 15 is 0 Å². The molecule has 1 aliphatic rings. The molecule has 1 amide bonds. The van der Waals surface area contributed by atoms with Crippen molar-refractivity contribution in [3.05, 3.63) is 65.7 Å². The van der Waals surface area contributed by atoms with Crippen LogP contribution in [0.1, 0.15) is 17.5 Å². The molecule has 2 heterocycles. The molecule has 1 fully saturated rings. The van der Waals surface area contributed by atoms with Crippen LogP contribution in [0.2, 0.25) is 0 Å². The smallest absolute Gasteiger partial charge is 0.245 e. The van der Waals surface area contributed by atoms with E-state index in [1.54, 1.807) is 12.1 Å². The average molecular weight is 350 g/mol. The van der Waals surface area contributed by atoms with E-state index in [1.807, 2.05) is 36.1 Å². The summed E-state index contributed by atoms with van der Waals surface area (Å²) in [7, 11) is 0. The molecule has 132 valence electrons. The Morgan fingerprint density at radius 2 is 2.00 bits per heavy atom. The second-order valence-electron chi connectivity index (χ2n) is 6.59. The standard InChI is InChI=1S/C20H19FN4O/c1-13-5-7-14(8-6-13)11-25-10-9-17(20(25)26)24-19-15-3-2-4-16(21)18(15)22-12-23-19/h2-8,12,17H,9-11H2,1H3,(H,22,23,24). The summed E-state index contributed by atoms with van der Waals surface area (Å²) >= 11 is 0. The number of carbonyl (C=O) groups excluding carboxylic acids is 1. The van der Waals surface area contributed by atoms with Crippen molar-refractivity contribution in [1.82, 2.24) is 14.9 Å². The number of likely N-dealkylation sites (tertiary alicyclic amines) is 1. The summed E-state index contributed by atoms with van der Waals surface area (Å²) in [5.74, 6) is 0.130. The Bertz CT molecular complexity index is 958. The first kappa shape index (κ1) is 16.4. The van der Waals surface area contributed by atoms with Crippen LogP contribution in [-0.4, -0.2) is 33.4 Å². The molecule has 0 bridgehead atoms. The zero-order valence-corrected chi connectivity index (χ0v) is 14.4. The largest absolute Gasteiger partial charge is 0.358 e. The van der Waals surface area contributed by atoms with E-state index in [1.165, 1.54) is 18.0 Å². The number of para-hydroxylation sites is 1. The van der Waals surface area contributed by atoms with Crippen molar-refractivity contribution in [2.45, 2.75) is 25.9 Å². The van der Waals surface area contributed by atoms with Crippen molar-refractivity contribution in [2.75, 3.05) is 11.9 Å². The van der Waals surface area contributed by atoms with Crippen LogP contribution in [0.25, 0.3) is 10.9 Å². The third-order valence-electron chi connectivity index (χ3n) is 4.72. The van der Waals surface area contributed by atoms with Gasteiger partial charge in [-0.3, -0.25) is 4.79 Å². The third-order valence-corrected chi connectivity index (χ3v) is 4.72. The zero-order chi connectivity index (χ0) is 18.1. The lowest BCUT2D eigenvalue weighted by Crippen LogP contribution is -2.33. The number of rotatable bonds is 4. The van der Waals surface area contributed by atoms with Gasteiger partial charge in [-0.05, 0) is 31.0 Å². The van der Waals surface area contributed by atoms with Gasteiger partial charge in [-0.25, -0.2) is 14.4 Å². The van der Waals surface area contributed by atoms with Crippen LogP contribution in [0.5, 0.6) is 0 Å². The number of hydrogen-bond donors (Lipinski definition) is 1. The fourth-order valence-corrected chi connectivity index (χ4v) is 3.28. The number of aryl methyl sites for hydroxylation is 1. The first-order valence-electron chi connectivity index (χ1n) is 8.62. The van der Waals surface area contributed by atoms with E-state index in [4.69, 9.17) is 0 Å². The van der Waals surface area contributed by atoms with Gasteiger partial charge in [0.1, 0.15) is 29.5 Å². The number of nitrogens with zero attached hydrogens (tertiary/aromatic N) is 3. The van der Waals surface area contributed by atoms with Crippen LogP contribution in [0.3, 0.4) is 0 Å². The Balaban J connectivity index is 1.51. The molecular formula is C20H19FN4O. The predicted octanol–water partition coefficient (Wildman–Crippen LogP) is 3.29. The lowest BCUT2D eigenvalue weighted by atomic mass is 10.1. The van der Waals surface area contributed by atoms with Gasteiger partial charge in [0.15, 0.2) is 0 Å². The summed E-state index contributed by atoms with van der Waals surface area (Å²) in [6.07, 6.45) is 2.00. The Labute approximate surface area is 150 Å². The number of anilines is 1. The molecule has 0 spiro atoms. The number of amides is 1. The Hall–Kier alpha value is -3.02. The molecule has 0 saturated carbocycles. The molecule has 1 aliphatic heterocycles. The molecule has 1 atom stereocenters. The minimum Gasteiger partial charge on any atom is -0.358 e. The Kier molecular flexibility index (Phi) is 4.24. The monoisotopic (exact) mass is 350 g/mol. The summed E-state index contributed by atoms with van der Waals surface area (Å²) in [5, 5.41) is 3.76. The molecule has 26 heavy (non-hydrogen) atoms. The SMILES string of the molecule is Cc1ccc(CN2CCC(Nc3ncnc4c(F)cccc34)C2=O)cc1. The molecule has 1 unspecified atom stereocenters. The molecule has 0 radical (unpaired) electrons. The summed E-state index contributed by atoms with van der Waals surface area (Å²) in [6, 6.07) is 12.6. The second kappa shape index (κ2) is 6.71. The predicted molar refractivity (Wildman–Crippen MR) is 98.1 cm³/mol. The number of fused-ring (bicyclic) bond motifs is 1. The average Bonchev–Trinajstić information content (AvgIpc) is 2.98. The molecule has 2 aromatic carbocycles. The van der Waals surface area contributed by atoms with Gasteiger partial charge in [-0.1, -0.05) is 35.9 Å². The summed E-state index contributed by atoms with van der Waals surface area (Å²) in [5.41, 5.74) is 2.56. The fourth-order valence-electron chi connectivity index (χ4n) is 3.28. The second-order valence-corrected chi connectivity index (χ2v) is 6.59. The van der Waals surface area contributed by atoms with Crippen molar-refractivity contribution >= 4 is 22.6 Å². The lowest BCUT2D eigenvalue weighted by Gasteiger charge is -2.18. The topological polar surface area (TPSA) is 58.1 Å². The van der Waals surface area contributed by atoms with E-state index in [-0.39, 0.29) is 17.5 Å². The maximum atomic E-state index is 13.9. The number of hydrogen-bond acceptors (Lipinski definition) is 4. The van der Waals surface area contributed by atoms with Gasteiger partial charge >= 0.3 is 0 Å². The molecule has 1 aromatic heterocycles. The molecular weight excluding hydrogens is 331 g/mol. The van der Waals surface area contributed by atoms with Crippen molar-refractivity contribution < 1.29 is 9.18 Å². The molecule has 1 saturated heterocycles. The fraction of sp³-hybridized carbons (Fsp3) is 0.250. The van der Waals surface area contributed by atoms with Crippen LogP contribution >= 0.6 is 0 Å². The summed E-state index contributed by atoms with van der Waals surface area (Å²) in [6.45, 7) is 3.32. The normalized spacial score (nSPS) is 17.1. The maximum absolute atomic E-state index is 13.9. The van der Waals surface area contributed by atoms with Gasteiger partial charge in [-0.2, -0.15) is 0 Å². The quantitative estimate of drug-likeness (QED) is 0.784.